The van der Waals surface area contributed by atoms with Crippen molar-refractivity contribution in [3.63, 3.8) is 0 Å². The maximum Gasteiger partial charge on any atom is 0.410 e. The standard InChI is InChI=1S/C17H33N3O2/c1-17(2,3)22-16(21)20-11-5-8-15(20)9-10-19-14-7-4-6-13(18)12-14/h13-15,19H,4-12,18H2,1-3H3. The van der Waals surface area contributed by atoms with E-state index in [1.807, 2.05) is 25.7 Å². The van der Waals surface area contributed by atoms with Gasteiger partial charge in [0.1, 0.15) is 5.60 Å². The van der Waals surface area contributed by atoms with Crippen LogP contribution in [0.25, 0.3) is 0 Å². The smallest absolute Gasteiger partial charge is 0.410 e. The van der Waals surface area contributed by atoms with Crippen LogP contribution in [0.3, 0.4) is 0 Å². The predicted octanol–water partition coefficient (Wildman–Crippen LogP) is 2.64. The lowest BCUT2D eigenvalue weighted by Gasteiger charge is -2.30. The van der Waals surface area contributed by atoms with Crippen molar-refractivity contribution in [1.82, 2.24) is 10.2 Å². The van der Waals surface area contributed by atoms with Crippen LogP contribution in [0.2, 0.25) is 0 Å². The van der Waals surface area contributed by atoms with Crippen molar-refractivity contribution in [2.24, 2.45) is 5.73 Å². The molecule has 0 aromatic heterocycles. The second-order valence-corrected chi connectivity index (χ2v) is 7.84. The Labute approximate surface area is 134 Å². The summed E-state index contributed by atoms with van der Waals surface area (Å²) < 4.78 is 5.51. The van der Waals surface area contributed by atoms with Crippen LogP contribution < -0.4 is 11.1 Å². The number of hydrogen-bond acceptors (Lipinski definition) is 4. The molecule has 0 bridgehead atoms. The molecule has 1 heterocycles. The number of amides is 1. The van der Waals surface area contributed by atoms with Gasteiger partial charge in [0.15, 0.2) is 0 Å². The second kappa shape index (κ2) is 7.64. The Bertz CT molecular complexity index is 367. The van der Waals surface area contributed by atoms with Gasteiger partial charge in [0.25, 0.3) is 0 Å². The minimum absolute atomic E-state index is 0.158. The number of likely N-dealkylation sites (tertiary alicyclic amines) is 1. The van der Waals surface area contributed by atoms with Gasteiger partial charge in [0.2, 0.25) is 0 Å². The molecule has 2 aliphatic rings. The molecule has 3 N–H and O–H groups in total. The lowest BCUT2D eigenvalue weighted by atomic mass is 9.91. The lowest BCUT2D eigenvalue weighted by molar-refractivity contribution is 0.0220. The number of rotatable bonds is 4. The molecule has 3 atom stereocenters. The molecule has 2 rings (SSSR count). The van der Waals surface area contributed by atoms with E-state index in [0.29, 0.717) is 18.1 Å². The molecular formula is C17H33N3O2. The van der Waals surface area contributed by atoms with Crippen LogP contribution >= 0.6 is 0 Å². The zero-order chi connectivity index (χ0) is 16.2. The summed E-state index contributed by atoms with van der Waals surface area (Å²) in [5, 5.41) is 3.63. The molecular weight excluding hydrogens is 278 g/mol. The summed E-state index contributed by atoms with van der Waals surface area (Å²) in [7, 11) is 0. The maximum atomic E-state index is 12.2. The van der Waals surface area contributed by atoms with Crippen molar-refractivity contribution in [2.45, 2.75) is 89.4 Å². The monoisotopic (exact) mass is 311 g/mol. The van der Waals surface area contributed by atoms with Crippen LogP contribution in [0.5, 0.6) is 0 Å². The number of nitrogens with zero attached hydrogens (tertiary/aromatic N) is 1. The number of nitrogens with two attached hydrogens (primary N) is 1. The van der Waals surface area contributed by atoms with E-state index >= 15 is 0 Å². The topological polar surface area (TPSA) is 67.6 Å². The van der Waals surface area contributed by atoms with Crippen LogP contribution in [-0.2, 0) is 4.74 Å². The molecule has 1 aliphatic carbocycles. The van der Waals surface area contributed by atoms with Crippen molar-refractivity contribution in [3.05, 3.63) is 0 Å². The largest absolute Gasteiger partial charge is 0.444 e. The highest BCUT2D eigenvalue weighted by Gasteiger charge is 2.32. The minimum atomic E-state index is -0.416. The highest BCUT2D eigenvalue weighted by atomic mass is 16.6. The van der Waals surface area contributed by atoms with Gasteiger partial charge < -0.3 is 20.7 Å². The van der Waals surface area contributed by atoms with E-state index in [1.54, 1.807) is 0 Å². The van der Waals surface area contributed by atoms with Gasteiger partial charge in [-0.15, -0.1) is 0 Å². The van der Waals surface area contributed by atoms with E-state index in [0.717, 1.165) is 45.2 Å². The van der Waals surface area contributed by atoms with Crippen LogP contribution in [-0.4, -0.2) is 47.8 Å². The highest BCUT2D eigenvalue weighted by molar-refractivity contribution is 5.68. The van der Waals surface area contributed by atoms with E-state index in [-0.39, 0.29) is 6.09 Å². The molecule has 5 nitrogen and oxygen atoms in total. The quantitative estimate of drug-likeness (QED) is 0.837. The summed E-state index contributed by atoms with van der Waals surface area (Å²) >= 11 is 0. The Kier molecular flexibility index (Phi) is 6.09. The molecule has 3 unspecified atom stereocenters. The molecule has 5 heteroatoms. The van der Waals surface area contributed by atoms with Gasteiger partial charge in [-0.1, -0.05) is 6.42 Å². The third-order valence-corrected chi connectivity index (χ3v) is 4.63. The van der Waals surface area contributed by atoms with Gasteiger partial charge in [0.05, 0.1) is 0 Å². The highest BCUT2D eigenvalue weighted by Crippen LogP contribution is 2.23. The fourth-order valence-electron chi connectivity index (χ4n) is 3.56. The Morgan fingerprint density at radius 2 is 2.05 bits per heavy atom. The van der Waals surface area contributed by atoms with E-state index in [4.69, 9.17) is 10.5 Å². The Morgan fingerprint density at radius 1 is 1.27 bits per heavy atom. The van der Waals surface area contributed by atoms with E-state index in [9.17, 15) is 4.79 Å². The number of nitrogens with one attached hydrogen (secondary N) is 1. The lowest BCUT2D eigenvalue weighted by Crippen LogP contribution is -2.43. The summed E-state index contributed by atoms with van der Waals surface area (Å²) in [5.41, 5.74) is 5.61. The van der Waals surface area contributed by atoms with E-state index in [1.165, 1.54) is 12.8 Å². The number of carbonyl (C=O) groups is 1. The number of carbonyl (C=O) groups excluding carboxylic acids is 1. The summed E-state index contributed by atoms with van der Waals surface area (Å²) in [5.74, 6) is 0. The predicted molar refractivity (Wildman–Crippen MR) is 88.8 cm³/mol. The fourth-order valence-corrected chi connectivity index (χ4v) is 3.56. The first kappa shape index (κ1) is 17.5. The van der Waals surface area contributed by atoms with Gasteiger partial charge in [-0.2, -0.15) is 0 Å². The molecule has 0 spiro atoms. The third-order valence-electron chi connectivity index (χ3n) is 4.63. The van der Waals surface area contributed by atoms with Gasteiger partial charge in [-0.3, -0.25) is 0 Å². The Hall–Kier alpha value is -0.810. The van der Waals surface area contributed by atoms with Gasteiger partial charge >= 0.3 is 6.09 Å². The van der Waals surface area contributed by atoms with Crippen LogP contribution in [0.1, 0.15) is 65.7 Å². The van der Waals surface area contributed by atoms with Crippen molar-refractivity contribution >= 4 is 6.09 Å². The normalized spacial score (nSPS) is 29.6. The summed E-state index contributed by atoms with van der Waals surface area (Å²) in [6.45, 7) is 7.55. The molecule has 1 saturated carbocycles. The van der Waals surface area contributed by atoms with Crippen molar-refractivity contribution in [1.29, 1.82) is 0 Å². The van der Waals surface area contributed by atoms with Crippen molar-refractivity contribution < 1.29 is 9.53 Å². The van der Waals surface area contributed by atoms with Gasteiger partial charge in [0, 0.05) is 24.7 Å². The van der Waals surface area contributed by atoms with Crippen molar-refractivity contribution in [3.8, 4) is 0 Å². The maximum absolute atomic E-state index is 12.2. The van der Waals surface area contributed by atoms with Crippen molar-refractivity contribution in [2.75, 3.05) is 13.1 Å². The SMILES string of the molecule is CC(C)(C)OC(=O)N1CCCC1CCNC1CCCC(N)C1. The number of hydrogen-bond donors (Lipinski definition) is 2. The zero-order valence-electron chi connectivity index (χ0n) is 14.4. The van der Waals surface area contributed by atoms with Gasteiger partial charge in [-0.05, 0) is 65.8 Å². The molecule has 22 heavy (non-hydrogen) atoms. The van der Waals surface area contributed by atoms with Crippen LogP contribution in [0, 0.1) is 0 Å². The summed E-state index contributed by atoms with van der Waals surface area (Å²) in [6, 6.07) is 1.23. The third kappa shape index (κ3) is 5.43. The van der Waals surface area contributed by atoms with Crippen LogP contribution in [0.4, 0.5) is 4.79 Å². The first-order valence-corrected chi connectivity index (χ1v) is 8.84. The Morgan fingerprint density at radius 3 is 2.73 bits per heavy atom. The molecule has 0 aromatic rings. The fraction of sp³-hybridized carbons (Fsp3) is 0.941. The van der Waals surface area contributed by atoms with E-state index < -0.39 is 5.60 Å². The Balaban J connectivity index is 1.73. The summed E-state index contributed by atoms with van der Waals surface area (Å²) in [6.07, 6.45) is 7.72. The molecule has 0 radical (unpaired) electrons. The second-order valence-electron chi connectivity index (χ2n) is 7.84. The first-order valence-electron chi connectivity index (χ1n) is 8.84. The molecule has 1 aliphatic heterocycles. The molecule has 1 saturated heterocycles. The van der Waals surface area contributed by atoms with E-state index in [2.05, 4.69) is 5.32 Å². The molecule has 1 amide bonds. The van der Waals surface area contributed by atoms with Gasteiger partial charge in [-0.25, -0.2) is 4.79 Å². The zero-order valence-corrected chi connectivity index (χ0v) is 14.4. The van der Waals surface area contributed by atoms with Crippen LogP contribution in [0.15, 0.2) is 0 Å². The molecule has 0 aromatic carbocycles. The molecule has 128 valence electrons. The average molecular weight is 311 g/mol. The first-order chi connectivity index (χ1) is 10.3. The average Bonchev–Trinajstić information content (AvgIpc) is 2.85. The molecule has 2 fully saturated rings. The summed E-state index contributed by atoms with van der Waals surface area (Å²) in [4.78, 5) is 14.2. The minimum Gasteiger partial charge on any atom is -0.444 e. The number of ether oxygens (including phenoxy) is 1.